The predicted molar refractivity (Wildman–Crippen MR) is 69.1 cm³/mol. The average Bonchev–Trinajstić information content (AvgIpc) is 2.35. The quantitative estimate of drug-likeness (QED) is 0.762. The molecule has 1 aromatic rings. The number of aromatic nitrogens is 2. The van der Waals surface area contributed by atoms with E-state index in [4.69, 9.17) is 5.11 Å². The molecule has 1 amide bonds. The van der Waals surface area contributed by atoms with Gasteiger partial charge in [0, 0.05) is 30.5 Å². The smallest absolute Gasteiger partial charge is 0.239 e. The van der Waals surface area contributed by atoms with E-state index in [-0.39, 0.29) is 25.1 Å². The van der Waals surface area contributed by atoms with E-state index < -0.39 is 0 Å². The van der Waals surface area contributed by atoms with Crippen molar-refractivity contribution in [2.24, 2.45) is 0 Å². The molecule has 6 nitrogen and oxygen atoms in total. The lowest BCUT2D eigenvalue weighted by Gasteiger charge is -2.20. The highest BCUT2D eigenvalue weighted by Gasteiger charge is 2.12. The minimum atomic E-state index is -0.0831. The standard InChI is InChI=1S/C12H20N4O2/c1-4-16(7-11(18)15-9(2)3)12-13-5-10(8-17)6-14-12/h5-6,9,17H,4,7-8H2,1-3H3,(H,15,18). The third kappa shape index (κ3) is 4.29. The Kier molecular flexibility index (Phi) is 5.51. The third-order valence-electron chi connectivity index (χ3n) is 2.32. The number of hydrogen-bond acceptors (Lipinski definition) is 5. The first-order valence-electron chi connectivity index (χ1n) is 6.02. The molecule has 1 heterocycles. The maximum atomic E-state index is 11.7. The van der Waals surface area contributed by atoms with Gasteiger partial charge in [0.1, 0.15) is 0 Å². The predicted octanol–water partition coefficient (Wildman–Crippen LogP) is 0.320. The minimum Gasteiger partial charge on any atom is -0.392 e. The van der Waals surface area contributed by atoms with Crippen molar-refractivity contribution >= 4 is 11.9 Å². The first-order valence-corrected chi connectivity index (χ1v) is 6.02. The molecule has 0 aromatic carbocycles. The Balaban J connectivity index is 2.67. The fourth-order valence-electron chi connectivity index (χ4n) is 1.46. The van der Waals surface area contributed by atoms with Crippen molar-refractivity contribution in [3.63, 3.8) is 0 Å². The molecule has 0 saturated heterocycles. The summed E-state index contributed by atoms with van der Waals surface area (Å²) in [5.41, 5.74) is 0.654. The molecule has 0 saturated carbocycles. The summed E-state index contributed by atoms with van der Waals surface area (Å²) in [5.74, 6) is 0.440. The normalized spacial score (nSPS) is 10.5. The van der Waals surface area contributed by atoms with Crippen molar-refractivity contribution in [1.82, 2.24) is 15.3 Å². The summed E-state index contributed by atoms with van der Waals surface area (Å²) < 4.78 is 0. The monoisotopic (exact) mass is 252 g/mol. The summed E-state index contributed by atoms with van der Waals surface area (Å²) in [6.45, 7) is 6.56. The van der Waals surface area contributed by atoms with Crippen molar-refractivity contribution in [3.8, 4) is 0 Å². The Bertz CT molecular complexity index is 378. The topological polar surface area (TPSA) is 78.4 Å². The molecule has 0 bridgehead atoms. The number of carbonyl (C=O) groups is 1. The fraction of sp³-hybridized carbons (Fsp3) is 0.583. The molecule has 0 radical (unpaired) electrons. The second kappa shape index (κ2) is 6.90. The zero-order valence-electron chi connectivity index (χ0n) is 11.1. The highest BCUT2D eigenvalue weighted by molar-refractivity contribution is 5.80. The highest BCUT2D eigenvalue weighted by atomic mass is 16.3. The van der Waals surface area contributed by atoms with Crippen LogP contribution < -0.4 is 10.2 Å². The van der Waals surface area contributed by atoms with Gasteiger partial charge in [-0.2, -0.15) is 0 Å². The van der Waals surface area contributed by atoms with Crippen LogP contribution in [0.4, 0.5) is 5.95 Å². The lowest BCUT2D eigenvalue weighted by atomic mass is 10.3. The van der Waals surface area contributed by atoms with Crippen LogP contribution in [-0.2, 0) is 11.4 Å². The van der Waals surface area contributed by atoms with Crippen LogP contribution >= 0.6 is 0 Å². The molecule has 18 heavy (non-hydrogen) atoms. The number of hydrogen-bond donors (Lipinski definition) is 2. The Morgan fingerprint density at radius 3 is 2.50 bits per heavy atom. The van der Waals surface area contributed by atoms with E-state index in [0.29, 0.717) is 18.1 Å². The van der Waals surface area contributed by atoms with Crippen molar-refractivity contribution in [3.05, 3.63) is 18.0 Å². The zero-order chi connectivity index (χ0) is 13.5. The molecule has 0 spiro atoms. The largest absolute Gasteiger partial charge is 0.392 e. The van der Waals surface area contributed by atoms with Gasteiger partial charge >= 0.3 is 0 Å². The summed E-state index contributed by atoms with van der Waals surface area (Å²) in [6.07, 6.45) is 3.12. The maximum Gasteiger partial charge on any atom is 0.239 e. The Hall–Kier alpha value is -1.69. The number of carbonyl (C=O) groups excluding carboxylic acids is 1. The minimum absolute atomic E-state index is 0.0540. The van der Waals surface area contributed by atoms with Crippen molar-refractivity contribution < 1.29 is 9.90 Å². The van der Waals surface area contributed by atoms with Crippen LogP contribution in [0, 0.1) is 0 Å². The number of nitrogens with one attached hydrogen (secondary N) is 1. The van der Waals surface area contributed by atoms with Crippen LogP contribution in [0.3, 0.4) is 0 Å². The number of aliphatic hydroxyl groups is 1. The van der Waals surface area contributed by atoms with E-state index in [1.807, 2.05) is 20.8 Å². The van der Waals surface area contributed by atoms with E-state index in [0.717, 1.165) is 0 Å². The van der Waals surface area contributed by atoms with Gasteiger partial charge in [0.15, 0.2) is 0 Å². The highest BCUT2D eigenvalue weighted by Crippen LogP contribution is 2.06. The molecule has 2 N–H and O–H groups in total. The summed E-state index contributed by atoms with van der Waals surface area (Å²) >= 11 is 0. The van der Waals surface area contributed by atoms with Crippen LogP contribution in [0.15, 0.2) is 12.4 Å². The van der Waals surface area contributed by atoms with Gasteiger partial charge in [-0.15, -0.1) is 0 Å². The van der Waals surface area contributed by atoms with Gasteiger partial charge in [0.05, 0.1) is 13.2 Å². The molecule has 0 aliphatic heterocycles. The van der Waals surface area contributed by atoms with Gasteiger partial charge in [0.25, 0.3) is 0 Å². The van der Waals surface area contributed by atoms with Gasteiger partial charge in [0.2, 0.25) is 11.9 Å². The lowest BCUT2D eigenvalue weighted by Crippen LogP contribution is -2.40. The Morgan fingerprint density at radius 2 is 2.06 bits per heavy atom. The molecule has 0 fully saturated rings. The maximum absolute atomic E-state index is 11.7. The zero-order valence-corrected chi connectivity index (χ0v) is 11.1. The molecular weight excluding hydrogens is 232 g/mol. The fourth-order valence-corrected chi connectivity index (χ4v) is 1.46. The van der Waals surface area contributed by atoms with Crippen LogP contribution in [-0.4, -0.2) is 40.1 Å². The molecule has 1 aromatic heterocycles. The molecule has 0 aliphatic carbocycles. The molecule has 6 heteroatoms. The Morgan fingerprint density at radius 1 is 1.44 bits per heavy atom. The van der Waals surface area contributed by atoms with E-state index in [1.54, 1.807) is 17.3 Å². The SMILES string of the molecule is CCN(CC(=O)NC(C)C)c1ncc(CO)cn1. The second-order valence-electron chi connectivity index (χ2n) is 4.29. The Labute approximate surface area is 107 Å². The van der Waals surface area contributed by atoms with Crippen molar-refractivity contribution in [2.45, 2.75) is 33.4 Å². The first-order chi connectivity index (χ1) is 8.56. The molecular formula is C12H20N4O2. The van der Waals surface area contributed by atoms with Gasteiger partial charge in [-0.1, -0.05) is 0 Å². The molecule has 0 unspecified atom stereocenters. The van der Waals surface area contributed by atoms with Crippen LogP contribution in [0.5, 0.6) is 0 Å². The summed E-state index contributed by atoms with van der Waals surface area (Å²) in [5, 5.41) is 11.7. The number of aliphatic hydroxyl groups excluding tert-OH is 1. The van der Waals surface area contributed by atoms with E-state index in [9.17, 15) is 4.79 Å². The van der Waals surface area contributed by atoms with E-state index in [2.05, 4.69) is 15.3 Å². The molecule has 100 valence electrons. The number of likely N-dealkylation sites (N-methyl/N-ethyl adjacent to an activating group) is 1. The van der Waals surface area contributed by atoms with Gasteiger partial charge < -0.3 is 15.3 Å². The number of amides is 1. The number of anilines is 1. The second-order valence-corrected chi connectivity index (χ2v) is 4.29. The van der Waals surface area contributed by atoms with Crippen LogP contribution in [0.25, 0.3) is 0 Å². The van der Waals surface area contributed by atoms with Gasteiger partial charge in [-0.25, -0.2) is 9.97 Å². The molecule has 0 atom stereocenters. The molecule has 1 rings (SSSR count). The number of rotatable bonds is 6. The van der Waals surface area contributed by atoms with Gasteiger partial charge in [-0.3, -0.25) is 4.79 Å². The van der Waals surface area contributed by atoms with E-state index in [1.165, 1.54) is 0 Å². The van der Waals surface area contributed by atoms with E-state index >= 15 is 0 Å². The van der Waals surface area contributed by atoms with Crippen LogP contribution in [0.2, 0.25) is 0 Å². The van der Waals surface area contributed by atoms with Crippen molar-refractivity contribution in [1.29, 1.82) is 0 Å². The average molecular weight is 252 g/mol. The molecule has 0 aliphatic rings. The van der Waals surface area contributed by atoms with Crippen molar-refractivity contribution in [2.75, 3.05) is 18.0 Å². The summed E-state index contributed by atoms with van der Waals surface area (Å²) in [7, 11) is 0. The lowest BCUT2D eigenvalue weighted by molar-refractivity contribution is -0.120. The first kappa shape index (κ1) is 14.4. The van der Waals surface area contributed by atoms with Gasteiger partial charge in [-0.05, 0) is 20.8 Å². The number of nitrogens with zero attached hydrogens (tertiary/aromatic N) is 3. The third-order valence-corrected chi connectivity index (χ3v) is 2.32. The summed E-state index contributed by atoms with van der Waals surface area (Å²) in [4.78, 5) is 21.7. The van der Waals surface area contributed by atoms with Crippen LogP contribution in [0.1, 0.15) is 26.3 Å². The summed E-state index contributed by atoms with van der Waals surface area (Å²) in [6, 6.07) is 0.119.